The van der Waals surface area contributed by atoms with Gasteiger partial charge in [0.15, 0.2) is 11.6 Å². The molecule has 0 aliphatic carbocycles. The fourth-order valence-electron chi connectivity index (χ4n) is 11.2. The number of nitrogens with zero attached hydrogens (tertiary/aromatic N) is 7. The van der Waals surface area contributed by atoms with E-state index >= 15 is 0 Å². The Hall–Kier alpha value is -9.08. The molecule has 6 aromatic heterocycles. The minimum absolute atomic E-state index is 0.0188. The molecular formula is C91H124N8O7. The van der Waals surface area contributed by atoms with Crippen LogP contribution in [0.5, 0.6) is 0 Å². The fourth-order valence-corrected chi connectivity index (χ4v) is 11.2. The van der Waals surface area contributed by atoms with E-state index in [9.17, 15) is 28.8 Å². The molecule has 570 valence electrons. The van der Waals surface area contributed by atoms with Gasteiger partial charge in [-0.2, -0.15) is 0 Å². The second kappa shape index (κ2) is 48.2. The van der Waals surface area contributed by atoms with Gasteiger partial charge >= 0.3 is 6.09 Å². The predicted octanol–water partition coefficient (Wildman–Crippen LogP) is 19.9. The summed E-state index contributed by atoms with van der Waals surface area (Å²) in [4.78, 5) is 98.4. The first-order valence-corrected chi connectivity index (χ1v) is 38.5. The first kappa shape index (κ1) is 89.3. The maximum atomic E-state index is 12.8. The lowest BCUT2D eigenvalue weighted by molar-refractivity contribution is -0.124. The predicted molar refractivity (Wildman–Crippen MR) is 431 cm³/mol. The van der Waals surface area contributed by atoms with Crippen LogP contribution in [0, 0.1) is 17.8 Å². The van der Waals surface area contributed by atoms with Crippen LogP contribution in [0.4, 0.5) is 4.79 Å². The number of hydrogen-bond acceptors (Lipinski definition) is 14. The largest absolute Gasteiger partial charge is 0.445 e. The molecule has 3 atom stereocenters. The van der Waals surface area contributed by atoms with E-state index in [-0.39, 0.29) is 48.4 Å². The van der Waals surface area contributed by atoms with Crippen LogP contribution in [0.2, 0.25) is 0 Å². The maximum absolute atomic E-state index is 12.8. The number of benzene rings is 2. The number of hydrogen-bond donors (Lipinski definition) is 1. The molecule has 7 heterocycles. The lowest BCUT2D eigenvalue weighted by atomic mass is 9.90. The molecule has 1 fully saturated rings. The zero-order valence-electron chi connectivity index (χ0n) is 67.1. The monoisotopic (exact) mass is 1440 g/mol. The van der Waals surface area contributed by atoms with E-state index in [1.54, 1.807) is 17.2 Å². The number of carbonyl (C=O) groups excluding carboxylic acids is 6. The summed E-state index contributed by atoms with van der Waals surface area (Å²) in [5.74, 6) is 4.48. The average molecular weight is 1440 g/mol. The van der Waals surface area contributed by atoms with Gasteiger partial charge in [-0.1, -0.05) is 215 Å². The molecule has 1 amide bonds. The molecule has 0 unspecified atom stereocenters. The number of amides is 1. The Labute approximate surface area is 635 Å². The molecule has 1 aliphatic rings. The van der Waals surface area contributed by atoms with Gasteiger partial charge in [-0.15, -0.1) is 0 Å². The normalized spacial score (nSPS) is 12.9. The van der Waals surface area contributed by atoms with Crippen LogP contribution >= 0.6 is 0 Å². The van der Waals surface area contributed by atoms with Gasteiger partial charge in [0.25, 0.3) is 0 Å². The van der Waals surface area contributed by atoms with E-state index in [2.05, 4.69) is 182 Å². The van der Waals surface area contributed by atoms with E-state index in [0.29, 0.717) is 104 Å². The van der Waals surface area contributed by atoms with Gasteiger partial charge in [0.05, 0.1) is 12.6 Å². The third-order valence-electron chi connectivity index (χ3n) is 19.0. The summed E-state index contributed by atoms with van der Waals surface area (Å²) in [5, 5.41) is 0. The summed E-state index contributed by atoms with van der Waals surface area (Å²) >= 11 is 0. The SMILES string of the molecule is CC(=O)c1ccc(C(C)C)cn1.CC(C)c1cncc(CCC(=O)CN)c1.CC(C)c1cncc(CCC(=O)[C@@H](C)C(C)C)c1.CC(C)c1cncc(CCC(=O)[C@@H](C)Cc2ccccc2)c1.CC(C)c1cncc(CCC(=O)[C@@H]2CCCN2C(=O)OCc2ccccc2)c1.CCc1ccc(C(C)C)cn1. The molecule has 2 N–H and O–H groups in total. The molecule has 8 aromatic rings. The highest BCUT2D eigenvalue weighted by atomic mass is 16.6. The van der Waals surface area contributed by atoms with Crippen LogP contribution in [0.25, 0.3) is 0 Å². The van der Waals surface area contributed by atoms with E-state index in [1.165, 1.54) is 57.1 Å². The minimum Gasteiger partial charge on any atom is -0.445 e. The van der Waals surface area contributed by atoms with Crippen molar-refractivity contribution in [2.75, 3.05) is 13.1 Å². The highest BCUT2D eigenvalue weighted by molar-refractivity contribution is 5.92. The second-order valence-corrected chi connectivity index (χ2v) is 30.1. The molecule has 1 saturated heterocycles. The Morgan fingerprint density at radius 3 is 1.26 bits per heavy atom. The molecule has 1 aliphatic heterocycles. The Bertz CT molecular complexity index is 3890. The summed E-state index contributed by atoms with van der Waals surface area (Å²) in [6.07, 6.45) is 26.8. The number of aryl methyl sites for hydroxylation is 5. The van der Waals surface area contributed by atoms with Gasteiger partial charge in [-0.25, -0.2) is 4.79 Å². The van der Waals surface area contributed by atoms with E-state index in [4.69, 9.17) is 10.5 Å². The summed E-state index contributed by atoms with van der Waals surface area (Å²) < 4.78 is 5.42. The summed E-state index contributed by atoms with van der Waals surface area (Å²) in [5.41, 5.74) is 21.0. The minimum atomic E-state index is -0.400. The lowest BCUT2D eigenvalue weighted by Crippen LogP contribution is -2.40. The molecule has 0 radical (unpaired) electrons. The molecule has 0 saturated carbocycles. The van der Waals surface area contributed by atoms with Crippen LogP contribution in [-0.2, 0) is 69.0 Å². The third kappa shape index (κ3) is 33.6. The van der Waals surface area contributed by atoms with Crippen molar-refractivity contribution < 1.29 is 33.5 Å². The number of likely N-dealkylation sites (tertiary alicyclic amines) is 1. The van der Waals surface area contributed by atoms with Crippen molar-refractivity contribution in [3.8, 4) is 0 Å². The van der Waals surface area contributed by atoms with Crippen LogP contribution in [0.15, 0.2) is 171 Å². The molecular weight excluding hydrogens is 1320 g/mol. The molecule has 106 heavy (non-hydrogen) atoms. The number of pyridine rings is 6. The van der Waals surface area contributed by atoms with Crippen LogP contribution < -0.4 is 5.73 Å². The topological polar surface area (TPSA) is 218 Å². The van der Waals surface area contributed by atoms with Crippen LogP contribution in [-0.4, -0.2) is 88.9 Å². The summed E-state index contributed by atoms with van der Waals surface area (Å²) in [6.45, 7) is 38.6. The number of ketones is 5. The Morgan fingerprint density at radius 1 is 0.462 bits per heavy atom. The molecule has 0 spiro atoms. The van der Waals surface area contributed by atoms with Gasteiger partial charge < -0.3 is 10.5 Å². The first-order valence-electron chi connectivity index (χ1n) is 38.5. The molecule has 15 nitrogen and oxygen atoms in total. The van der Waals surface area contributed by atoms with Crippen molar-refractivity contribution in [2.24, 2.45) is 23.5 Å². The Kier molecular flexibility index (Phi) is 40.6. The summed E-state index contributed by atoms with van der Waals surface area (Å²) in [7, 11) is 0. The van der Waals surface area contributed by atoms with Crippen molar-refractivity contribution in [3.05, 3.63) is 249 Å². The second-order valence-electron chi connectivity index (χ2n) is 30.1. The van der Waals surface area contributed by atoms with Crippen LogP contribution in [0.3, 0.4) is 0 Å². The first-order chi connectivity index (χ1) is 50.5. The van der Waals surface area contributed by atoms with Crippen molar-refractivity contribution in [3.63, 3.8) is 0 Å². The maximum Gasteiger partial charge on any atom is 0.410 e. The number of carbonyl (C=O) groups is 6. The quantitative estimate of drug-likeness (QED) is 0.0431. The van der Waals surface area contributed by atoms with Crippen molar-refractivity contribution >= 4 is 35.0 Å². The highest BCUT2D eigenvalue weighted by Crippen LogP contribution is 2.25. The van der Waals surface area contributed by atoms with Gasteiger partial charge in [0.2, 0.25) is 0 Å². The zero-order valence-corrected chi connectivity index (χ0v) is 67.1. The van der Waals surface area contributed by atoms with E-state index < -0.39 is 6.09 Å². The highest BCUT2D eigenvalue weighted by Gasteiger charge is 2.34. The number of aromatic nitrogens is 6. The molecule has 0 bridgehead atoms. The molecule has 2 aromatic carbocycles. The van der Waals surface area contributed by atoms with Crippen molar-refractivity contribution in [2.45, 2.75) is 250 Å². The molecule has 9 rings (SSSR count). The smallest absolute Gasteiger partial charge is 0.410 e. The van der Waals surface area contributed by atoms with Gasteiger partial charge in [0, 0.05) is 119 Å². The number of ether oxygens (including phenoxy) is 1. The number of Topliss-reactive ketones (excluding diaryl/α,β-unsaturated/α-hetero) is 5. The standard InChI is InChI=1S/C23H28N2O3.C20H25NO.C16H25NO.C12H18N2O.C10H13NO.C10H15N/c1-17(2)20-13-19(14-24-15-20)10-11-22(26)21-9-6-12-25(21)23(27)28-16-18-7-4-3-5-8-18;1-15(2)19-12-18(13-21-14-19)9-10-20(22)16(3)11-17-7-5-4-6-8-17;1-11(2)13(5)16(18)7-6-14-8-15(12(3)4)10-17-9-14;1-9(2)11-5-10(7-14-8-11)3-4-12(15)6-13;1-7(2)9-4-5-10(8(3)12)11-6-9;1-4-10-6-5-9(7-11-10)8(2)3/h3-5,7-8,13-15,17,21H,6,9-12,16H2,1-2H3;4-8,12-16H,9-11H2,1-3H3;8-13H,6-7H2,1-5H3;5,7-9H,3-4,6,13H2,1-2H3;4-7H,1-3H3;5-8H,4H2,1-3H3/t21-;16-;13-;;;/m000.../s1. The number of nitrogens with two attached hydrogens (primary N) is 1. The Balaban J connectivity index is 0.000000277. The van der Waals surface area contributed by atoms with Gasteiger partial charge in [0.1, 0.15) is 29.7 Å². The number of rotatable bonds is 29. The van der Waals surface area contributed by atoms with Gasteiger partial charge in [-0.3, -0.25) is 58.8 Å². The Morgan fingerprint density at radius 2 is 0.877 bits per heavy atom. The van der Waals surface area contributed by atoms with Gasteiger partial charge in [-0.05, 0) is 172 Å². The third-order valence-corrected chi connectivity index (χ3v) is 19.0. The van der Waals surface area contributed by atoms with Crippen molar-refractivity contribution in [1.29, 1.82) is 0 Å². The van der Waals surface area contributed by atoms with Crippen molar-refractivity contribution in [1.82, 2.24) is 34.8 Å². The molecule has 15 heteroatoms. The van der Waals surface area contributed by atoms with E-state index in [1.807, 2.05) is 124 Å². The van der Waals surface area contributed by atoms with Crippen LogP contribution in [0.1, 0.15) is 282 Å². The zero-order chi connectivity index (χ0) is 78.3. The average Bonchev–Trinajstić information content (AvgIpc) is 1.68. The lowest BCUT2D eigenvalue weighted by Gasteiger charge is -2.23. The summed E-state index contributed by atoms with van der Waals surface area (Å²) in [6, 6.07) is 36.0. The fraction of sp³-hybridized carbons (Fsp3) is 0.473. The van der Waals surface area contributed by atoms with E-state index in [0.717, 1.165) is 60.8 Å².